The number of hydrogen-bond donors (Lipinski definition) is 0. The predicted molar refractivity (Wildman–Crippen MR) is 153 cm³/mol. The molecule has 0 radical (unpaired) electrons. The van der Waals surface area contributed by atoms with Gasteiger partial charge in [0.1, 0.15) is 0 Å². The molecule has 0 N–H and O–H groups in total. The molecule has 38 heavy (non-hydrogen) atoms. The molecule has 8 heteroatoms. The molecule has 0 aliphatic carbocycles. The van der Waals surface area contributed by atoms with Gasteiger partial charge in [0, 0.05) is 33.7 Å². The van der Waals surface area contributed by atoms with E-state index in [1.807, 2.05) is 43.3 Å². The first-order chi connectivity index (χ1) is 18.2. The van der Waals surface area contributed by atoms with Crippen LogP contribution < -0.4 is 14.9 Å². The van der Waals surface area contributed by atoms with Crippen LogP contribution in [-0.4, -0.2) is 21.2 Å². The highest BCUT2D eigenvalue weighted by Crippen LogP contribution is 2.32. The fourth-order valence-electron chi connectivity index (χ4n) is 4.96. The van der Waals surface area contributed by atoms with Gasteiger partial charge >= 0.3 is 5.97 Å². The van der Waals surface area contributed by atoms with Crippen molar-refractivity contribution in [2.45, 2.75) is 46.4 Å². The third-order valence-electron chi connectivity index (χ3n) is 6.64. The summed E-state index contributed by atoms with van der Waals surface area (Å²) in [5.41, 5.74) is 4.52. The first-order valence-corrected chi connectivity index (χ1v) is 13.6. The highest BCUT2D eigenvalue weighted by atomic mass is 35.5. The van der Waals surface area contributed by atoms with Crippen molar-refractivity contribution in [1.82, 2.24) is 9.13 Å². The van der Waals surface area contributed by atoms with Gasteiger partial charge in [-0.1, -0.05) is 59.3 Å². The molecule has 1 unspecified atom stereocenters. The zero-order valence-electron chi connectivity index (χ0n) is 21.7. The van der Waals surface area contributed by atoms with E-state index >= 15 is 0 Å². The second kappa shape index (κ2) is 10.2. The highest BCUT2D eigenvalue weighted by Gasteiger charge is 2.33. The SMILES string of the molecule is C=CCn1c(C)c(/C=c2/sc3n(c2=O)C(c2ccc(Cl)cc2)C(C(=O)OC(C)C)=C(C)N=3)c2ccccc21. The maximum Gasteiger partial charge on any atom is 0.338 e. The summed E-state index contributed by atoms with van der Waals surface area (Å²) in [5.74, 6) is -0.487. The quantitative estimate of drug-likeness (QED) is 0.244. The molecule has 2 aromatic carbocycles. The summed E-state index contributed by atoms with van der Waals surface area (Å²) in [7, 11) is 0. The Morgan fingerprint density at radius 3 is 2.58 bits per heavy atom. The number of halogens is 1. The second-order valence-corrected chi connectivity index (χ2v) is 10.9. The smallest absolute Gasteiger partial charge is 0.338 e. The summed E-state index contributed by atoms with van der Waals surface area (Å²) >= 11 is 7.47. The van der Waals surface area contributed by atoms with E-state index in [4.69, 9.17) is 16.3 Å². The van der Waals surface area contributed by atoms with Crippen LogP contribution in [0.5, 0.6) is 0 Å². The van der Waals surface area contributed by atoms with Crippen LogP contribution in [-0.2, 0) is 16.1 Å². The molecule has 194 valence electrons. The molecule has 0 saturated heterocycles. The number of nitrogens with zero attached hydrogens (tertiary/aromatic N) is 3. The molecule has 1 aliphatic rings. The van der Waals surface area contributed by atoms with Gasteiger partial charge in [0.15, 0.2) is 4.80 Å². The highest BCUT2D eigenvalue weighted by molar-refractivity contribution is 7.07. The maximum absolute atomic E-state index is 14.0. The number of ether oxygens (including phenoxy) is 1. The van der Waals surface area contributed by atoms with E-state index in [9.17, 15) is 9.59 Å². The van der Waals surface area contributed by atoms with E-state index < -0.39 is 12.0 Å². The van der Waals surface area contributed by atoms with E-state index in [0.717, 1.165) is 27.7 Å². The number of aromatic nitrogens is 2. The van der Waals surface area contributed by atoms with Crippen molar-refractivity contribution in [3.05, 3.63) is 114 Å². The van der Waals surface area contributed by atoms with Crippen molar-refractivity contribution in [2.24, 2.45) is 4.99 Å². The molecule has 3 heterocycles. The van der Waals surface area contributed by atoms with Gasteiger partial charge in [-0.2, -0.15) is 0 Å². The number of allylic oxidation sites excluding steroid dienone is 2. The van der Waals surface area contributed by atoms with Gasteiger partial charge in [0.25, 0.3) is 5.56 Å². The molecule has 1 aliphatic heterocycles. The number of para-hydroxylation sites is 1. The number of fused-ring (bicyclic) bond motifs is 2. The van der Waals surface area contributed by atoms with Crippen LogP contribution in [0, 0.1) is 6.92 Å². The van der Waals surface area contributed by atoms with E-state index in [1.165, 1.54) is 11.3 Å². The topological polar surface area (TPSA) is 65.6 Å². The molecule has 4 aromatic rings. The number of thiazole rings is 1. The van der Waals surface area contributed by atoms with Crippen molar-refractivity contribution in [2.75, 3.05) is 0 Å². The molecular weight excluding hydrogens is 518 g/mol. The number of benzene rings is 2. The summed E-state index contributed by atoms with van der Waals surface area (Å²) in [5, 5.41) is 1.63. The number of carbonyl (C=O) groups is 1. The minimum absolute atomic E-state index is 0.212. The Hall–Kier alpha value is -3.68. The Labute approximate surface area is 229 Å². The number of hydrogen-bond acceptors (Lipinski definition) is 5. The summed E-state index contributed by atoms with van der Waals surface area (Å²) in [6.07, 6.45) is 3.49. The Morgan fingerprint density at radius 2 is 1.89 bits per heavy atom. The summed E-state index contributed by atoms with van der Waals surface area (Å²) < 4.78 is 9.90. The van der Waals surface area contributed by atoms with Crippen molar-refractivity contribution < 1.29 is 9.53 Å². The monoisotopic (exact) mass is 545 g/mol. The second-order valence-electron chi connectivity index (χ2n) is 9.50. The van der Waals surface area contributed by atoms with Gasteiger partial charge in [0.2, 0.25) is 0 Å². The molecule has 0 fully saturated rings. The van der Waals surface area contributed by atoms with Gasteiger partial charge in [0.05, 0.1) is 27.9 Å². The minimum Gasteiger partial charge on any atom is -0.459 e. The average Bonchev–Trinajstić information content (AvgIpc) is 3.32. The van der Waals surface area contributed by atoms with E-state index in [1.54, 1.807) is 37.5 Å². The van der Waals surface area contributed by atoms with Crippen molar-refractivity contribution >= 4 is 45.9 Å². The number of rotatable bonds is 6. The Kier molecular flexibility index (Phi) is 6.99. The molecule has 2 aromatic heterocycles. The molecule has 0 saturated carbocycles. The third kappa shape index (κ3) is 4.46. The molecule has 0 amide bonds. The zero-order chi connectivity index (χ0) is 27.1. The van der Waals surface area contributed by atoms with E-state index in [-0.39, 0.29) is 11.7 Å². The lowest BCUT2D eigenvalue weighted by atomic mass is 9.96. The average molecular weight is 546 g/mol. The first kappa shape index (κ1) is 25.9. The van der Waals surface area contributed by atoms with Crippen molar-refractivity contribution in [1.29, 1.82) is 0 Å². The number of esters is 1. The van der Waals surface area contributed by atoms with Crippen LogP contribution in [0.1, 0.15) is 43.6 Å². The largest absolute Gasteiger partial charge is 0.459 e. The van der Waals surface area contributed by atoms with Gasteiger partial charge in [-0.3, -0.25) is 9.36 Å². The molecule has 5 rings (SSSR count). The standard InChI is InChI=1S/C30H28ClN3O3S/c1-6-15-33-19(5)23(22-9-7-8-10-24(22)33)16-25-28(35)34-27(20-11-13-21(31)14-12-20)26(29(36)37-17(2)3)18(4)32-30(34)38-25/h6-14,16-17,27H,1,15H2,2-5H3/b25-16+. The van der Waals surface area contributed by atoms with Gasteiger partial charge in [-0.15, -0.1) is 6.58 Å². The zero-order valence-corrected chi connectivity index (χ0v) is 23.3. The Bertz CT molecular complexity index is 1790. The fraction of sp³-hybridized carbons (Fsp3) is 0.233. The normalized spacial score (nSPS) is 15.6. The molecule has 0 spiro atoms. The van der Waals surface area contributed by atoms with Crippen LogP contribution in [0.3, 0.4) is 0 Å². The first-order valence-electron chi connectivity index (χ1n) is 12.4. The Balaban J connectivity index is 1.76. The van der Waals surface area contributed by atoms with Crippen molar-refractivity contribution in [3.63, 3.8) is 0 Å². The summed E-state index contributed by atoms with van der Waals surface area (Å²) in [6.45, 7) is 12.0. The van der Waals surface area contributed by atoms with Gasteiger partial charge in [-0.25, -0.2) is 9.79 Å². The molecule has 6 nitrogen and oxygen atoms in total. The van der Waals surface area contributed by atoms with Gasteiger partial charge < -0.3 is 9.30 Å². The lowest BCUT2D eigenvalue weighted by molar-refractivity contribution is -0.143. The van der Waals surface area contributed by atoms with Crippen LogP contribution in [0.4, 0.5) is 0 Å². The number of carbonyl (C=O) groups excluding carboxylic acids is 1. The lowest BCUT2D eigenvalue weighted by Crippen LogP contribution is -2.40. The summed E-state index contributed by atoms with van der Waals surface area (Å²) in [4.78, 5) is 32.5. The summed E-state index contributed by atoms with van der Waals surface area (Å²) in [6, 6.07) is 14.6. The Morgan fingerprint density at radius 1 is 1.18 bits per heavy atom. The van der Waals surface area contributed by atoms with E-state index in [2.05, 4.69) is 28.3 Å². The van der Waals surface area contributed by atoms with Crippen LogP contribution in [0.25, 0.3) is 17.0 Å². The van der Waals surface area contributed by atoms with Gasteiger partial charge in [-0.05, 0) is 57.5 Å². The van der Waals surface area contributed by atoms with E-state index in [0.29, 0.717) is 32.2 Å². The van der Waals surface area contributed by atoms with Crippen LogP contribution in [0.2, 0.25) is 5.02 Å². The molecular formula is C30H28ClN3O3S. The fourth-order valence-corrected chi connectivity index (χ4v) is 6.11. The predicted octanol–water partition coefficient (Wildman–Crippen LogP) is 5.29. The third-order valence-corrected chi connectivity index (χ3v) is 7.87. The van der Waals surface area contributed by atoms with Crippen molar-refractivity contribution in [3.8, 4) is 0 Å². The molecule has 1 atom stereocenters. The maximum atomic E-state index is 14.0. The molecule has 0 bridgehead atoms. The lowest BCUT2D eigenvalue weighted by Gasteiger charge is -2.25. The van der Waals surface area contributed by atoms with Crippen LogP contribution >= 0.6 is 22.9 Å². The van der Waals surface area contributed by atoms with Crippen LogP contribution in [0.15, 0.2) is 82.2 Å². The minimum atomic E-state index is -0.680.